The number of nitrogens with two attached hydrogens (primary N) is 1. The van der Waals surface area contributed by atoms with Crippen molar-refractivity contribution in [2.24, 2.45) is 11.7 Å². The Hall–Kier alpha value is -0.620. The Morgan fingerprint density at radius 3 is 2.38 bits per heavy atom. The quantitative estimate of drug-likeness (QED) is 0.738. The lowest BCUT2D eigenvalue weighted by atomic mass is 10.0. The van der Waals surface area contributed by atoms with Gasteiger partial charge in [0.15, 0.2) is 9.84 Å². The fraction of sp³-hybridized carbons (Fsp3) is 0.900. The first kappa shape index (κ1) is 13.4. The van der Waals surface area contributed by atoms with Gasteiger partial charge in [0.1, 0.15) is 0 Å². The highest BCUT2D eigenvalue weighted by atomic mass is 32.2. The zero-order chi connectivity index (χ0) is 12.5. The third-order valence-corrected chi connectivity index (χ3v) is 4.86. The molecule has 1 amide bonds. The first-order valence-electron chi connectivity index (χ1n) is 5.47. The molecule has 0 aliphatic carbocycles. The lowest BCUT2D eigenvalue weighted by molar-refractivity contribution is -0.133. The summed E-state index contributed by atoms with van der Waals surface area (Å²) in [6.07, 6.45) is 0.523. The van der Waals surface area contributed by atoms with Gasteiger partial charge < -0.3 is 10.6 Å². The van der Waals surface area contributed by atoms with Gasteiger partial charge in [-0.3, -0.25) is 4.79 Å². The highest BCUT2D eigenvalue weighted by Crippen LogP contribution is 2.17. The fourth-order valence-electron chi connectivity index (χ4n) is 1.78. The van der Waals surface area contributed by atoms with Gasteiger partial charge in [0, 0.05) is 13.1 Å². The molecule has 0 aromatic heterocycles. The highest BCUT2D eigenvalue weighted by Gasteiger charge is 2.34. The number of hydrogen-bond donors (Lipinski definition) is 1. The summed E-state index contributed by atoms with van der Waals surface area (Å²) in [6, 6.07) is -0.754. The molecule has 1 fully saturated rings. The van der Waals surface area contributed by atoms with Crippen molar-refractivity contribution >= 4 is 15.7 Å². The molecule has 94 valence electrons. The summed E-state index contributed by atoms with van der Waals surface area (Å²) in [5, 5.41) is 0. The average molecular weight is 248 g/mol. The summed E-state index contributed by atoms with van der Waals surface area (Å²) < 4.78 is 22.6. The van der Waals surface area contributed by atoms with Crippen LogP contribution >= 0.6 is 0 Å². The number of carbonyl (C=O) groups is 1. The van der Waals surface area contributed by atoms with Crippen LogP contribution in [0.1, 0.15) is 20.3 Å². The molecule has 0 aromatic carbocycles. The Morgan fingerprint density at radius 2 is 2.00 bits per heavy atom. The first-order chi connectivity index (χ1) is 7.24. The van der Waals surface area contributed by atoms with E-state index in [0.29, 0.717) is 6.42 Å². The summed E-state index contributed by atoms with van der Waals surface area (Å²) in [4.78, 5) is 13.4. The highest BCUT2D eigenvalue weighted by molar-refractivity contribution is 7.91. The molecule has 1 saturated heterocycles. The lowest BCUT2D eigenvalue weighted by Crippen LogP contribution is -2.49. The van der Waals surface area contributed by atoms with Crippen LogP contribution in [0.4, 0.5) is 0 Å². The summed E-state index contributed by atoms with van der Waals surface area (Å²) >= 11 is 0. The molecule has 0 spiro atoms. The third-order valence-electron chi connectivity index (χ3n) is 3.11. The second kappa shape index (κ2) is 4.71. The van der Waals surface area contributed by atoms with Gasteiger partial charge in [0.2, 0.25) is 5.91 Å². The minimum Gasteiger partial charge on any atom is -0.340 e. The van der Waals surface area contributed by atoms with E-state index < -0.39 is 15.9 Å². The van der Waals surface area contributed by atoms with Crippen molar-refractivity contribution < 1.29 is 13.2 Å². The molecule has 1 rings (SSSR count). The Balaban J connectivity index is 2.66. The molecule has 1 heterocycles. The van der Waals surface area contributed by atoms with Crippen LogP contribution in [0, 0.1) is 5.92 Å². The number of hydrogen-bond acceptors (Lipinski definition) is 4. The fourth-order valence-corrected chi connectivity index (χ4v) is 3.56. The molecule has 1 aliphatic rings. The number of likely N-dealkylation sites (N-methyl/N-ethyl adjacent to an activating group) is 1. The van der Waals surface area contributed by atoms with Gasteiger partial charge in [-0.2, -0.15) is 0 Å². The molecule has 2 N–H and O–H groups in total. The Kier molecular flexibility index (Phi) is 3.96. The molecule has 0 saturated carbocycles. The van der Waals surface area contributed by atoms with Crippen molar-refractivity contribution in [3.8, 4) is 0 Å². The monoisotopic (exact) mass is 248 g/mol. The molecule has 2 unspecified atom stereocenters. The maximum Gasteiger partial charge on any atom is 0.239 e. The average Bonchev–Trinajstić information content (AvgIpc) is 2.55. The number of sulfone groups is 1. The molecular formula is C10H20N2O3S. The first-order valence-corrected chi connectivity index (χ1v) is 7.29. The van der Waals surface area contributed by atoms with Gasteiger partial charge >= 0.3 is 0 Å². The molecule has 0 radical (unpaired) electrons. The smallest absolute Gasteiger partial charge is 0.239 e. The second-order valence-corrected chi connectivity index (χ2v) is 7.00. The van der Waals surface area contributed by atoms with E-state index in [1.165, 1.54) is 4.90 Å². The summed E-state index contributed by atoms with van der Waals surface area (Å²) in [7, 11) is -1.32. The summed E-state index contributed by atoms with van der Waals surface area (Å²) in [5.74, 6) is 0.136. The van der Waals surface area contributed by atoms with Crippen molar-refractivity contribution in [1.29, 1.82) is 0 Å². The van der Waals surface area contributed by atoms with Crippen LogP contribution in [-0.2, 0) is 14.6 Å². The van der Waals surface area contributed by atoms with E-state index in [-0.39, 0.29) is 29.4 Å². The van der Waals surface area contributed by atoms with E-state index in [0.717, 1.165) is 0 Å². The van der Waals surface area contributed by atoms with Gasteiger partial charge in [-0.1, -0.05) is 13.8 Å². The Bertz CT molecular complexity index is 364. The second-order valence-electron chi connectivity index (χ2n) is 4.78. The minimum absolute atomic E-state index is 0.0629. The van der Waals surface area contributed by atoms with E-state index in [1.807, 2.05) is 13.8 Å². The van der Waals surface area contributed by atoms with E-state index >= 15 is 0 Å². The van der Waals surface area contributed by atoms with Crippen molar-refractivity contribution in [2.75, 3.05) is 18.6 Å². The van der Waals surface area contributed by atoms with E-state index in [9.17, 15) is 13.2 Å². The molecule has 16 heavy (non-hydrogen) atoms. The molecule has 1 aliphatic heterocycles. The summed E-state index contributed by atoms with van der Waals surface area (Å²) in [6.45, 7) is 3.75. The van der Waals surface area contributed by atoms with Crippen LogP contribution in [-0.4, -0.2) is 49.9 Å². The predicted molar refractivity (Wildman–Crippen MR) is 62.6 cm³/mol. The van der Waals surface area contributed by atoms with E-state index in [2.05, 4.69) is 0 Å². The van der Waals surface area contributed by atoms with Crippen LogP contribution in [0.2, 0.25) is 0 Å². The molecule has 6 heteroatoms. The molecule has 0 bridgehead atoms. The van der Waals surface area contributed by atoms with Crippen molar-refractivity contribution in [1.82, 2.24) is 4.90 Å². The van der Waals surface area contributed by atoms with Crippen LogP contribution in [0.15, 0.2) is 0 Å². The largest absolute Gasteiger partial charge is 0.340 e. The zero-order valence-corrected chi connectivity index (χ0v) is 10.8. The van der Waals surface area contributed by atoms with Crippen molar-refractivity contribution in [3.05, 3.63) is 0 Å². The zero-order valence-electron chi connectivity index (χ0n) is 10.0. The lowest BCUT2D eigenvalue weighted by Gasteiger charge is -2.27. The van der Waals surface area contributed by atoms with Crippen LogP contribution in [0.25, 0.3) is 0 Å². The Morgan fingerprint density at radius 1 is 1.44 bits per heavy atom. The summed E-state index contributed by atoms with van der Waals surface area (Å²) in [5.41, 5.74) is 5.76. The van der Waals surface area contributed by atoms with Gasteiger partial charge in [-0.05, 0) is 12.3 Å². The predicted octanol–water partition coefficient (Wildman–Crippen LogP) is -0.385. The van der Waals surface area contributed by atoms with Gasteiger partial charge in [0.25, 0.3) is 0 Å². The van der Waals surface area contributed by atoms with E-state index in [1.54, 1.807) is 7.05 Å². The normalized spacial score (nSPS) is 25.7. The van der Waals surface area contributed by atoms with Crippen LogP contribution in [0.5, 0.6) is 0 Å². The molecule has 5 nitrogen and oxygen atoms in total. The maximum absolute atomic E-state index is 11.9. The third kappa shape index (κ3) is 2.95. The number of carbonyl (C=O) groups excluding carboxylic acids is 1. The van der Waals surface area contributed by atoms with Gasteiger partial charge in [0.05, 0.1) is 17.5 Å². The Labute approximate surface area is 96.9 Å². The van der Waals surface area contributed by atoms with Crippen LogP contribution in [0.3, 0.4) is 0 Å². The van der Waals surface area contributed by atoms with E-state index in [4.69, 9.17) is 5.73 Å². The van der Waals surface area contributed by atoms with Gasteiger partial charge in [-0.25, -0.2) is 8.42 Å². The maximum atomic E-state index is 11.9. The van der Waals surface area contributed by atoms with Crippen LogP contribution < -0.4 is 5.73 Å². The number of nitrogens with zero attached hydrogens (tertiary/aromatic N) is 1. The van der Waals surface area contributed by atoms with Crippen molar-refractivity contribution in [3.63, 3.8) is 0 Å². The number of amides is 1. The van der Waals surface area contributed by atoms with Gasteiger partial charge in [-0.15, -0.1) is 0 Å². The molecule has 0 aromatic rings. The standard InChI is InChI=1S/C10H20N2O3S/c1-7(2)9(11)10(13)12(3)8-4-5-16(14,15)6-8/h7-9H,4-6,11H2,1-3H3. The van der Waals surface area contributed by atoms with Crippen molar-refractivity contribution in [2.45, 2.75) is 32.4 Å². The molecule has 2 atom stereocenters. The topological polar surface area (TPSA) is 80.5 Å². The molecular weight excluding hydrogens is 228 g/mol. The SMILES string of the molecule is CC(C)C(N)C(=O)N(C)C1CCS(=O)(=O)C1. The minimum atomic E-state index is -2.95. The number of rotatable bonds is 3.